The summed E-state index contributed by atoms with van der Waals surface area (Å²) in [6.07, 6.45) is 13.2. The molecule has 2 aromatic rings. The van der Waals surface area contributed by atoms with Gasteiger partial charge in [-0.2, -0.15) is 0 Å². The first-order valence-corrected chi connectivity index (χ1v) is 20.4. The summed E-state index contributed by atoms with van der Waals surface area (Å²) in [4.78, 5) is 51.0. The topological polar surface area (TPSA) is 176 Å². The Morgan fingerprint density at radius 2 is 1.25 bits per heavy atom. The second kappa shape index (κ2) is 17.8. The smallest absolute Gasteiger partial charge is 0.302 e. The van der Waals surface area contributed by atoms with Gasteiger partial charge in [-0.3, -0.25) is 19.2 Å². The molecule has 4 aliphatic carbocycles. The number of methoxy groups -OCH3 is 2. The van der Waals surface area contributed by atoms with Crippen LogP contribution in [-0.2, 0) is 19.1 Å². The average molecular weight is 777 g/mol. The summed E-state index contributed by atoms with van der Waals surface area (Å²) >= 11 is 0. The summed E-state index contributed by atoms with van der Waals surface area (Å²) in [6, 6.07) is 6.71. The Morgan fingerprint density at radius 3 is 1.79 bits per heavy atom. The van der Waals surface area contributed by atoms with E-state index in [0.29, 0.717) is 71.6 Å². The van der Waals surface area contributed by atoms with Crippen LogP contribution in [0.3, 0.4) is 0 Å². The molecule has 0 saturated heterocycles. The summed E-state index contributed by atoms with van der Waals surface area (Å²) in [5, 5.41) is 0. The maximum atomic E-state index is 14.0. The predicted octanol–water partition coefficient (Wildman–Crippen LogP) is 7.91. The van der Waals surface area contributed by atoms with Crippen LogP contribution in [0.1, 0.15) is 131 Å². The normalized spacial score (nSPS) is 23.3. The third kappa shape index (κ3) is 10.1. The zero-order valence-electron chi connectivity index (χ0n) is 33.6. The molecule has 4 aliphatic rings. The Balaban J connectivity index is 0.985. The number of carbonyl (C=O) groups excluding carboxylic acids is 4. The van der Waals surface area contributed by atoms with Gasteiger partial charge in [-0.25, -0.2) is 0 Å². The lowest BCUT2D eigenvalue weighted by Crippen LogP contribution is -2.29. The number of hydrogen-bond acceptors (Lipinski definition) is 12. The summed E-state index contributed by atoms with van der Waals surface area (Å²) in [5.74, 6) is 0.692. The molecule has 0 amide bonds. The number of rotatable bonds is 17. The number of ketones is 2. The van der Waals surface area contributed by atoms with Crippen LogP contribution in [0.25, 0.3) is 0 Å². The number of esters is 2. The molecule has 0 radical (unpaired) electrons. The molecular formula is C44H60N2O10. The first-order chi connectivity index (χ1) is 26.8. The molecule has 4 fully saturated rings. The number of carbonyl (C=O) groups is 4. The zero-order valence-corrected chi connectivity index (χ0v) is 33.6. The van der Waals surface area contributed by atoms with Gasteiger partial charge in [-0.05, 0) is 113 Å². The molecule has 2 aromatic carbocycles. The Morgan fingerprint density at radius 1 is 0.661 bits per heavy atom. The van der Waals surface area contributed by atoms with E-state index in [1.807, 2.05) is 0 Å². The van der Waals surface area contributed by atoms with Crippen LogP contribution in [0.2, 0.25) is 0 Å². The number of unbranched alkanes of at least 4 members (excludes halogenated alkanes) is 2. The van der Waals surface area contributed by atoms with Crippen molar-refractivity contribution in [1.82, 2.24) is 0 Å². The fourth-order valence-corrected chi connectivity index (χ4v) is 9.22. The predicted molar refractivity (Wildman–Crippen MR) is 211 cm³/mol. The standard InChI is InChI=1S/C44H60N2O10/c1-27(47)55-26-30-24-43(13-14-43)12-8-9-32(30)42(50)34-20-38(52-4)40(22-36(34)46)54-18-7-5-6-17-53-39-21-35(45)33(19-37(39)51-3)41(49)29-10-11-31(56-28(2)48)25-44(23-29)15-16-44/h19-22,29-32H,5-18,23-26,45-46H2,1-4H3/t29?,30-,31-,32-/m0/s1. The first kappa shape index (κ1) is 41.2. The van der Waals surface area contributed by atoms with Crippen molar-refractivity contribution in [3.63, 3.8) is 0 Å². The van der Waals surface area contributed by atoms with Crippen molar-refractivity contribution in [3.05, 3.63) is 35.4 Å². The highest BCUT2D eigenvalue weighted by atomic mass is 16.5. The van der Waals surface area contributed by atoms with Gasteiger partial charge >= 0.3 is 11.9 Å². The monoisotopic (exact) mass is 776 g/mol. The first-order valence-electron chi connectivity index (χ1n) is 20.4. The summed E-state index contributed by atoms with van der Waals surface area (Å²) in [6.45, 7) is 3.91. The van der Waals surface area contributed by atoms with E-state index >= 15 is 0 Å². The van der Waals surface area contributed by atoms with Gasteiger partial charge in [0.15, 0.2) is 34.6 Å². The fourth-order valence-electron chi connectivity index (χ4n) is 9.22. The van der Waals surface area contributed by atoms with E-state index in [4.69, 9.17) is 39.9 Å². The molecule has 1 unspecified atom stereocenters. The van der Waals surface area contributed by atoms with Gasteiger partial charge in [0.25, 0.3) is 0 Å². The van der Waals surface area contributed by atoms with E-state index in [-0.39, 0.29) is 64.8 Å². The molecule has 0 aliphatic heterocycles. The van der Waals surface area contributed by atoms with Crippen molar-refractivity contribution in [3.8, 4) is 23.0 Å². The maximum Gasteiger partial charge on any atom is 0.302 e. The Labute approximate surface area is 330 Å². The molecule has 4 N–H and O–H groups in total. The molecule has 56 heavy (non-hydrogen) atoms. The molecule has 2 spiro atoms. The van der Waals surface area contributed by atoms with Gasteiger partial charge in [0.2, 0.25) is 0 Å². The summed E-state index contributed by atoms with van der Waals surface area (Å²) < 4.78 is 34.4. The molecule has 306 valence electrons. The van der Waals surface area contributed by atoms with Gasteiger partial charge in [0.05, 0.1) is 34.0 Å². The van der Waals surface area contributed by atoms with Crippen molar-refractivity contribution in [1.29, 1.82) is 0 Å². The lowest BCUT2D eigenvalue weighted by molar-refractivity contribution is -0.147. The van der Waals surface area contributed by atoms with Gasteiger partial charge in [0, 0.05) is 66.2 Å². The van der Waals surface area contributed by atoms with Gasteiger partial charge in [-0.1, -0.05) is 6.42 Å². The van der Waals surface area contributed by atoms with Crippen LogP contribution in [0, 0.1) is 28.6 Å². The molecule has 12 nitrogen and oxygen atoms in total. The lowest BCUT2D eigenvalue weighted by Gasteiger charge is -2.26. The number of ether oxygens (including phenoxy) is 6. The van der Waals surface area contributed by atoms with Crippen LogP contribution in [0.15, 0.2) is 24.3 Å². The molecule has 0 heterocycles. The molecule has 4 atom stereocenters. The molecule has 0 aromatic heterocycles. The largest absolute Gasteiger partial charge is 0.493 e. The minimum absolute atomic E-state index is 0.00222. The number of anilines is 2. The number of benzene rings is 2. The second-order valence-electron chi connectivity index (χ2n) is 16.8. The van der Waals surface area contributed by atoms with E-state index < -0.39 is 0 Å². The third-order valence-electron chi connectivity index (χ3n) is 12.6. The van der Waals surface area contributed by atoms with Crippen LogP contribution >= 0.6 is 0 Å². The van der Waals surface area contributed by atoms with Crippen LogP contribution in [0.5, 0.6) is 23.0 Å². The van der Waals surface area contributed by atoms with E-state index in [0.717, 1.165) is 70.6 Å². The Kier molecular flexibility index (Phi) is 13.1. The second-order valence-corrected chi connectivity index (χ2v) is 16.8. The van der Waals surface area contributed by atoms with E-state index in [9.17, 15) is 19.2 Å². The zero-order chi connectivity index (χ0) is 40.0. The minimum Gasteiger partial charge on any atom is -0.493 e. The number of Topliss-reactive ketones (excluding diaryl/α,β-unsaturated/α-hetero) is 2. The molecule has 6 rings (SSSR count). The molecule has 12 heteroatoms. The number of hydrogen-bond donors (Lipinski definition) is 2. The molecule has 0 bridgehead atoms. The Bertz CT molecular complexity index is 1770. The minimum atomic E-state index is -0.333. The van der Waals surface area contributed by atoms with E-state index in [2.05, 4.69) is 0 Å². The van der Waals surface area contributed by atoms with E-state index in [1.54, 1.807) is 38.5 Å². The highest BCUT2D eigenvalue weighted by molar-refractivity contribution is 6.04. The van der Waals surface area contributed by atoms with Gasteiger partial charge in [-0.15, -0.1) is 0 Å². The van der Waals surface area contributed by atoms with Crippen molar-refractivity contribution in [2.75, 3.05) is 45.5 Å². The van der Waals surface area contributed by atoms with Crippen molar-refractivity contribution < 1.29 is 47.6 Å². The Hall–Kier alpha value is -4.48. The fraction of sp³-hybridized carbons (Fsp3) is 0.636. The SMILES string of the molecule is COc1cc(C(=O)C2CC[C@H](OC(C)=O)CC3(CC3)C2)c(N)cc1OCCCCCOc1cc(N)c(C(=O)[C@H]2CCCC3(CC3)C[C@H]2COC(C)=O)cc1OC. The molecular weight excluding hydrogens is 716 g/mol. The number of nitrogens with two attached hydrogens (primary N) is 2. The van der Waals surface area contributed by atoms with Crippen molar-refractivity contribution in [2.45, 2.75) is 116 Å². The highest BCUT2D eigenvalue weighted by Crippen LogP contribution is 2.58. The van der Waals surface area contributed by atoms with Crippen LogP contribution in [-0.4, -0.2) is 63.6 Å². The quantitative estimate of drug-likeness (QED) is 0.0688. The summed E-state index contributed by atoms with van der Waals surface area (Å²) in [5.41, 5.74) is 14.8. The number of nitrogen functional groups attached to an aromatic ring is 2. The van der Waals surface area contributed by atoms with Crippen molar-refractivity contribution >= 4 is 34.9 Å². The van der Waals surface area contributed by atoms with Crippen molar-refractivity contribution in [2.24, 2.45) is 28.6 Å². The molecule has 4 saturated carbocycles. The van der Waals surface area contributed by atoms with Crippen LogP contribution < -0.4 is 30.4 Å². The maximum absolute atomic E-state index is 14.0. The van der Waals surface area contributed by atoms with E-state index in [1.165, 1.54) is 26.7 Å². The lowest BCUT2D eigenvalue weighted by atomic mass is 9.80. The average Bonchev–Trinajstić information content (AvgIpc) is 4.10. The third-order valence-corrected chi connectivity index (χ3v) is 12.6. The van der Waals surface area contributed by atoms with Crippen LogP contribution in [0.4, 0.5) is 11.4 Å². The van der Waals surface area contributed by atoms with Gasteiger partial charge in [0.1, 0.15) is 6.10 Å². The highest BCUT2D eigenvalue weighted by Gasteiger charge is 2.50. The summed E-state index contributed by atoms with van der Waals surface area (Å²) in [7, 11) is 3.09. The van der Waals surface area contributed by atoms with Gasteiger partial charge < -0.3 is 39.9 Å².